The molecule has 0 bridgehead atoms. The van der Waals surface area contributed by atoms with Crippen LogP contribution in [-0.4, -0.2) is 6.29 Å². The second-order valence-electron chi connectivity index (χ2n) is 2.02. The van der Waals surface area contributed by atoms with Gasteiger partial charge < -0.3 is 5.73 Å². The molecule has 0 aromatic heterocycles. The molecule has 1 rings (SSSR count). The molecule has 1 aromatic rings. The van der Waals surface area contributed by atoms with Crippen LogP contribution in [0.4, 0.5) is 5.69 Å². The standard InChI is InChI=1S/C7H5Cl2NO/c8-6-2-5(10)1-4(3-11)7(6)9/h1-3H,10H2. The highest BCUT2D eigenvalue weighted by Crippen LogP contribution is 2.27. The molecule has 58 valence electrons. The largest absolute Gasteiger partial charge is 0.399 e. The van der Waals surface area contributed by atoms with Crippen LogP contribution in [0, 0.1) is 0 Å². The van der Waals surface area contributed by atoms with Gasteiger partial charge in [-0.25, -0.2) is 0 Å². The number of benzene rings is 1. The monoisotopic (exact) mass is 189 g/mol. The Morgan fingerprint density at radius 3 is 2.55 bits per heavy atom. The molecule has 0 saturated heterocycles. The van der Waals surface area contributed by atoms with Gasteiger partial charge in [0.1, 0.15) is 0 Å². The molecule has 2 N–H and O–H groups in total. The number of nitrogens with two attached hydrogens (primary N) is 1. The van der Waals surface area contributed by atoms with E-state index in [0.717, 1.165) is 0 Å². The fourth-order valence-electron chi connectivity index (χ4n) is 0.718. The van der Waals surface area contributed by atoms with Crippen LogP contribution < -0.4 is 5.73 Å². The van der Waals surface area contributed by atoms with E-state index in [1.54, 1.807) is 0 Å². The Morgan fingerprint density at radius 2 is 2.00 bits per heavy atom. The molecule has 0 saturated carbocycles. The zero-order chi connectivity index (χ0) is 8.43. The summed E-state index contributed by atoms with van der Waals surface area (Å²) < 4.78 is 0. The maximum atomic E-state index is 10.3. The third-order valence-corrected chi connectivity index (χ3v) is 2.02. The average Bonchev–Trinajstić information content (AvgIpc) is 1.96. The molecule has 0 atom stereocenters. The van der Waals surface area contributed by atoms with Crippen molar-refractivity contribution in [3.8, 4) is 0 Å². The smallest absolute Gasteiger partial charge is 0.151 e. The van der Waals surface area contributed by atoms with E-state index in [4.69, 9.17) is 28.9 Å². The number of aldehydes is 1. The summed E-state index contributed by atoms with van der Waals surface area (Å²) in [4.78, 5) is 10.3. The average molecular weight is 190 g/mol. The molecule has 11 heavy (non-hydrogen) atoms. The lowest BCUT2D eigenvalue weighted by Crippen LogP contribution is -1.89. The summed E-state index contributed by atoms with van der Waals surface area (Å²) in [5.41, 5.74) is 6.15. The fraction of sp³-hybridized carbons (Fsp3) is 0. The lowest BCUT2D eigenvalue weighted by atomic mass is 10.2. The van der Waals surface area contributed by atoms with Crippen LogP contribution in [0.1, 0.15) is 10.4 Å². The van der Waals surface area contributed by atoms with Crippen molar-refractivity contribution in [2.75, 3.05) is 5.73 Å². The van der Waals surface area contributed by atoms with Gasteiger partial charge in [0, 0.05) is 11.3 Å². The van der Waals surface area contributed by atoms with Crippen molar-refractivity contribution in [3.05, 3.63) is 27.7 Å². The molecular formula is C7H5Cl2NO. The molecule has 0 amide bonds. The predicted octanol–water partition coefficient (Wildman–Crippen LogP) is 2.39. The SMILES string of the molecule is Nc1cc(Cl)c(Cl)c(C=O)c1. The summed E-state index contributed by atoms with van der Waals surface area (Å²) >= 11 is 11.3. The third kappa shape index (κ3) is 1.64. The molecule has 2 nitrogen and oxygen atoms in total. The van der Waals surface area contributed by atoms with Gasteiger partial charge in [-0.05, 0) is 12.1 Å². The molecule has 0 aliphatic heterocycles. The number of hydrogen-bond acceptors (Lipinski definition) is 2. The Balaban J connectivity index is 3.35. The Kier molecular flexibility index (Phi) is 2.37. The number of nitrogen functional groups attached to an aromatic ring is 1. The minimum atomic E-state index is 0.246. The Morgan fingerprint density at radius 1 is 1.36 bits per heavy atom. The molecule has 0 aliphatic carbocycles. The number of rotatable bonds is 1. The van der Waals surface area contributed by atoms with Crippen molar-refractivity contribution in [1.29, 1.82) is 0 Å². The van der Waals surface area contributed by atoms with E-state index in [1.165, 1.54) is 12.1 Å². The molecule has 0 spiro atoms. The van der Waals surface area contributed by atoms with Gasteiger partial charge in [-0.15, -0.1) is 0 Å². The highest BCUT2D eigenvalue weighted by molar-refractivity contribution is 6.43. The molecule has 4 heteroatoms. The molecule has 0 radical (unpaired) electrons. The second-order valence-corrected chi connectivity index (χ2v) is 2.81. The molecule has 0 fully saturated rings. The van der Waals surface area contributed by atoms with Crippen molar-refractivity contribution in [3.63, 3.8) is 0 Å². The van der Waals surface area contributed by atoms with Gasteiger partial charge in [0.2, 0.25) is 0 Å². The molecule has 1 aromatic carbocycles. The molecule has 0 heterocycles. The second kappa shape index (κ2) is 3.11. The maximum absolute atomic E-state index is 10.3. The predicted molar refractivity (Wildman–Crippen MR) is 46.3 cm³/mol. The third-order valence-electron chi connectivity index (χ3n) is 1.21. The lowest BCUT2D eigenvalue weighted by molar-refractivity contribution is 0.112. The first-order valence-electron chi connectivity index (χ1n) is 2.85. The van der Waals surface area contributed by atoms with Crippen LogP contribution in [0.15, 0.2) is 12.1 Å². The maximum Gasteiger partial charge on any atom is 0.151 e. The summed E-state index contributed by atoms with van der Waals surface area (Å²) in [7, 11) is 0. The Bertz CT molecular complexity index is 299. The normalized spacial score (nSPS) is 9.64. The van der Waals surface area contributed by atoms with Crippen LogP contribution in [0.2, 0.25) is 10.0 Å². The van der Waals surface area contributed by atoms with Gasteiger partial charge in [-0.3, -0.25) is 4.79 Å². The molecular weight excluding hydrogens is 185 g/mol. The first-order chi connectivity index (χ1) is 5.15. The number of halogens is 2. The lowest BCUT2D eigenvalue weighted by Gasteiger charge is -2.00. The summed E-state index contributed by atoms with van der Waals surface area (Å²) in [6, 6.07) is 2.97. The van der Waals surface area contributed by atoms with Crippen LogP contribution >= 0.6 is 23.2 Å². The summed E-state index contributed by atoms with van der Waals surface area (Å²) in [5, 5.41) is 0.546. The van der Waals surface area contributed by atoms with Gasteiger partial charge >= 0.3 is 0 Å². The van der Waals surface area contributed by atoms with E-state index < -0.39 is 0 Å². The van der Waals surface area contributed by atoms with Crippen LogP contribution in [0.3, 0.4) is 0 Å². The van der Waals surface area contributed by atoms with Crippen LogP contribution in [0.25, 0.3) is 0 Å². The van der Waals surface area contributed by atoms with E-state index in [2.05, 4.69) is 0 Å². The summed E-state index contributed by atoms with van der Waals surface area (Å²) in [6.07, 6.45) is 0.616. The fourth-order valence-corrected chi connectivity index (χ4v) is 1.11. The topological polar surface area (TPSA) is 43.1 Å². The first kappa shape index (κ1) is 8.37. The van der Waals surface area contributed by atoms with Crippen molar-refractivity contribution in [2.45, 2.75) is 0 Å². The van der Waals surface area contributed by atoms with Gasteiger partial charge in [-0.2, -0.15) is 0 Å². The summed E-state index contributed by atoms with van der Waals surface area (Å²) in [6.45, 7) is 0. The minimum absolute atomic E-state index is 0.246. The van der Waals surface area contributed by atoms with E-state index >= 15 is 0 Å². The van der Waals surface area contributed by atoms with E-state index in [-0.39, 0.29) is 5.02 Å². The van der Waals surface area contributed by atoms with E-state index in [9.17, 15) is 4.79 Å². The number of carbonyl (C=O) groups is 1. The quantitative estimate of drug-likeness (QED) is 0.545. The first-order valence-corrected chi connectivity index (χ1v) is 3.60. The van der Waals surface area contributed by atoms with E-state index in [1.807, 2.05) is 0 Å². The van der Waals surface area contributed by atoms with Gasteiger partial charge in [0.25, 0.3) is 0 Å². The Hall–Kier alpha value is -0.730. The van der Waals surface area contributed by atoms with Crippen molar-refractivity contribution >= 4 is 35.2 Å². The van der Waals surface area contributed by atoms with Gasteiger partial charge in [0.05, 0.1) is 10.0 Å². The highest BCUT2D eigenvalue weighted by Gasteiger charge is 2.04. The number of hydrogen-bond donors (Lipinski definition) is 1. The minimum Gasteiger partial charge on any atom is -0.399 e. The van der Waals surface area contributed by atoms with E-state index in [0.29, 0.717) is 22.6 Å². The van der Waals surface area contributed by atoms with Crippen LogP contribution in [0.5, 0.6) is 0 Å². The van der Waals surface area contributed by atoms with Gasteiger partial charge in [-0.1, -0.05) is 23.2 Å². The zero-order valence-corrected chi connectivity index (χ0v) is 6.99. The van der Waals surface area contributed by atoms with Gasteiger partial charge in [0.15, 0.2) is 6.29 Å². The van der Waals surface area contributed by atoms with Crippen molar-refractivity contribution in [2.24, 2.45) is 0 Å². The summed E-state index contributed by atoms with van der Waals surface area (Å²) in [5.74, 6) is 0. The van der Waals surface area contributed by atoms with Crippen molar-refractivity contribution < 1.29 is 4.79 Å². The number of anilines is 1. The molecule has 0 unspecified atom stereocenters. The highest BCUT2D eigenvalue weighted by atomic mass is 35.5. The Labute approximate surface area is 73.9 Å². The van der Waals surface area contributed by atoms with Crippen LogP contribution in [-0.2, 0) is 0 Å². The zero-order valence-electron chi connectivity index (χ0n) is 5.47. The molecule has 0 aliphatic rings. The van der Waals surface area contributed by atoms with Crippen molar-refractivity contribution in [1.82, 2.24) is 0 Å². The number of carbonyl (C=O) groups excluding carboxylic acids is 1.